The smallest absolute Gasteiger partial charge is 0.262 e. The van der Waals surface area contributed by atoms with E-state index >= 15 is 0 Å². The molecule has 1 aliphatic rings. The van der Waals surface area contributed by atoms with Gasteiger partial charge in [-0.1, -0.05) is 136 Å². The van der Waals surface area contributed by atoms with Crippen molar-refractivity contribution in [1.82, 2.24) is 15.7 Å². The normalized spacial score (nSPS) is 19.9. The van der Waals surface area contributed by atoms with Crippen molar-refractivity contribution < 1.29 is 39.0 Å². The number of carbonyl (C=O) groups excluding carboxylic acids is 4. The Hall–Kier alpha value is -2.16. The van der Waals surface area contributed by atoms with Gasteiger partial charge in [-0.3, -0.25) is 24.0 Å². The third kappa shape index (κ3) is 20.9. The van der Waals surface area contributed by atoms with Gasteiger partial charge in [-0.25, -0.2) is 5.48 Å². The third-order valence-corrected chi connectivity index (χ3v) is 9.91. The second-order valence-corrected chi connectivity index (χ2v) is 14.7. The van der Waals surface area contributed by atoms with E-state index in [0.717, 1.165) is 38.5 Å². The van der Waals surface area contributed by atoms with Crippen LogP contribution in [0.2, 0.25) is 0 Å². The van der Waals surface area contributed by atoms with Gasteiger partial charge in [0.15, 0.2) is 5.78 Å². The fourth-order valence-electron chi connectivity index (χ4n) is 6.54. The Morgan fingerprint density at radius 2 is 1.27 bits per heavy atom. The average molecular weight is 742 g/mol. The summed E-state index contributed by atoms with van der Waals surface area (Å²) in [6, 6.07) is -2.45. The monoisotopic (exact) mass is 742 g/mol. The number of hydrogen-bond donors (Lipinski definition) is 6. The average Bonchev–Trinajstić information content (AvgIpc) is 3.13. The maximum Gasteiger partial charge on any atom is 0.262 e. The zero-order valence-electron chi connectivity index (χ0n) is 32.8. The molecule has 8 N–H and O–H groups in total. The lowest BCUT2D eigenvalue weighted by Crippen LogP contribution is -2.58. The van der Waals surface area contributed by atoms with Crippen molar-refractivity contribution in [2.75, 3.05) is 19.7 Å². The predicted molar refractivity (Wildman–Crippen MR) is 204 cm³/mol. The van der Waals surface area contributed by atoms with Crippen LogP contribution in [-0.2, 0) is 28.8 Å². The Bertz CT molecular complexity index is 971. The Morgan fingerprint density at radius 3 is 1.75 bits per heavy atom. The van der Waals surface area contributed by atoms with Crippen molar-refractivity contribution in [1.29, 1.82) is 0 Å². The van der Waals surface area contributed by atoms with Gasteiger partial charge in [0.25, 0.3) is 5.91 Å². The Morgan fingerprint density at radius 1 is 0.788 bits per heavy atom. The molecular formula is C39H75N5O8. The molecular weight excluding hydrogens is 666 g/mol. The fraction of sp³-hybridized carbons (Fsp3) is 0.897. The predicted octanol–water partition coefficient (Wildman–Crippen LogP) is 4.68. The highest BCUT2D eigenvalue weighted by Gasteiger charge is 2.42. The summed E-state index contributed by atoms with van der Waals surface area (Å²) >= 11 is 0. The topological polar surface area (TPSA) is 207 Å². The summed E-state index contributed by atoms with van der Waals surface area (Å²) in [6.07, 6.45) is 21.1. The van der Waals surface area contributed by atoms with Gasteiger partial charge in [0.2, 0.25) is 11.8 Å². The van der Waals surface area contributed by atoms with E-state index in [-0.39, 0.29) is 12.3 Å². The summed E-state index contributed by atoms with van der Waals surface area (Å²) in [6.45, 7) is 5.30. The number of ketones is 1. The van der Waals surface area contributed by atoms with Gasteiger partial charge in [-0.2, -0.15) is 0 Å². The number of amides is 3. The lowest BCUT2D eigenvalue weighted by atomic mass is 9.99. The first-order chi connectivity index (χ1) is 25.1. The van der Waals surface area contributed by atoms with E-state index in [1.165, 1.54) is 103 Å². The highest BCUT2D eigenvalue weighted by molar-refractivity contribution is 6.07. The van der Waals surface area contributed by atoms with E-state index < -0.39 is 67.4 Å². The minimum absolute atomic E-state index is 0.0349. The SMILES string of the molecule is CCCCCCCCCCCCCCN(C(=O)CCCCCCCCCCC)[C@H]1C[C@H](ONC(=O)CNC(=O)C(N)C(=O)C(C)N)[C@@H](O)[C@@H](CO)O1. The molecule has 6 atom stereocenters. The third-order valence-electron chi connectivity index (χ3n) is 9.91. The van der Waals surface area contributed by atoms with E-state index in [1.807, 2.05) is 0 Å². The minimum atomic E-state index is -1.51. The molecule has 13 heteroatoms. The highest BCUT2D eigenvalue weighted by atomic mass is 16.7. The molecule has 0 bridgehead atoms. The number of aliphatic hydroxyl groups is 2. The number of hydroxylamine groups is 1. The van der Waals surface area contributed by atoms with Crippen LogP contribution in [0.15, 0.2) is 0 Å². The van der Waals surface area contributed by atoms with Gasteiger partial charge in [0, 0.05) is 19.4 Å². The van der Waals surface area contributed by atoms with Crippen LogP contribution in [0.1, 0.15) is 168 Å². The largest absolute Gasteiger partial charge is 0.394 e. The van der Waals surface area contributed by atoms with Crippen molar-refractivity contribution in [3.63, 3.8) is 0 Å². The van der Waals surface area contributed by atoms with Crippen molar-refractivity contribution >= 4 is 23.5 Å². The van der Waals surface area contributed by atoms with Gasteiger partial charge in [-0.15, -0.1) is 0 Å². The quantitative estimate of drug-likeness (QED) is 0.0319. The van der Waals surface area contributed by atoms with Crippen molar-refractivity contribution in [2.24, 2.45) is 11.5 Å². The number of nitrogens with one attached hydrogen (secondary N) is 2. The number of Topliss-reactive ketones (excluding diaryl/α,β-unsaturated/α-hetero) is 1. The lowest BCUT2D eigenvalue weighted by molar-refractivity contribution is -0.237. The summed E-state index contributed by atoms with van der Waals surface area (Å²) in [7, 11) is 0. The van der Waals surface area contributed by atoms with E-state index in [1.54, 1.807) is 4.90 Å². The Labute approximate surface area is 314 Å². The molecule has 1 saturated heterocycles. The molecule has 304 valence electrons. The molecule has 0 aliphatic carbocycles. The second-order valence-electron chi connectivity index (χ2n) is 14.7. The van der Waals surface area contributed by atoms with Crippen LogP contribution in [0.5, 0.6) is 0 Å². The van der Waals surface area contributed by atoms with Gasteiger partial charge in [0.1, 0.15) is 30.6 Å². The lowest BCUT2D eigenvalue weighted by Gasteiger charge is -2.42. The van der Waals surface area contributed by atoms with Gasteiger partial charge in [0.05, 0.1) is 19.2 Å². The summed E-state index contributed by atoms with van der Waals surface area (Å²) < 4.78 is 6.06. The first-order valence-corrected chi connectivity index (χ1v) is 20.6. The van der Waals surface area contributed by atoms with Gasteiger partial charge < -0.3 is 36.6 Å². The number of nitrogens with two attached hydrogens (primary N) is 2. The van der Waals surface area contributed by atoms with Crippen molar-refractivity contribution in [3.05, 3.63) is 0 Å². The Balaban J connectivity index is 2.73. The Kier molecular flexibility index (Phi) is 27.8. The summed E-state index contributed by atoms with van der Waals surface area (Å²) in [5.74, 6) is -2.31. The van der Waals surface area contributed by atoms with Crippen molar-refractivity contribution in [3.8, 4) is 0 Å². The number of aliphatic hydroxyl groups excluding tert-OH is 2. The zero-order valence-corrected chi connectivity index (χ0v) is 32.8. The number of rotatable bonds is 32. The molecule has 0 saturated carbocycles. The molecule has 0 radical (unpaired) electrons. The first kappa shape index (κ1) is 47.9. The van der Waals surface area contributed by atoms with Gasteiger partial charge in [-0.05, 0) is 19.8 Å². The molecule has 0 spiro atoms. The number of nitrogens with zero attached hydrogens (tertiary/aromatic N) is 1. The molecule has 2 unspecified atom stereocenters. The van der Waals surface area contributed by atoms with Crippen LogP contribution in [0.3, 0.4) is 0 Å². The number of ether oxygens (including phenoxy) is 1. The van der Waals surface area contributed by atoms with Crippen LogP contribution in [0, 0.1) is 0 Å². The maximum absolute atomic E-state index is 13.7. The summed E-state index contributed by atoms with van der Waals surface area (Å²) in [5.41, 5.74) is 13.3. The van der Waals surface area contributed by atoms with Crippen LogP contribution >= 0.6 is 0 Å². The molecule has 52 heavy (non-hydrogen) atoms. The number of unbranched alkanes of at least 4 members (excludes halogenated alkanes) is 19. The van der Waals surface area contributed by atoms with Crippen LogP contribution in [0.25, 0.3) is 0 Å². The fourth-order valence-corrected chi connectivity index (χ4v) is 6.54. The van der Waals surface area contributed by atoms with Gasteiger partial charge >= 0.3 is 0 Å². The molecule has 0 aromatic carbocycles. The molecule has 0 aromatic rings. The van der Waals surface area contributed by atoms with E-state index in [4.69, 9.17) is 21.0 Å². The van der Waals surface area contributed by atoms with E-state index in [9.17, 15) is 29.4 Å². The van der Waals surface area contributed by atoms with Crippen LogP contribution < -0.4 is 22.3 Å². The van der Waals surface area contributed by atoms with E-state index in [2.05, 4.69) is 24.6 Å². The molecule has 1 fully saturated rings. The minimum Gasteiger partial charge on any atom is -0.394 e. The maximum atomic E-state index is 13.7. The standard InChI is InChI=1S/C39H75N5O8/c1-4-6-8-10-12-14-15-16-18-20-22-24-26-44(34(47)25-23-21-19-17-13-11-9-7-5-2)35-27-31(38(49)32(29-45)51-35)52-43-33(46)28-42-39(50)36(41)37(48)30(3)40/h30-32,35-36,38,45,49H,4-29,40-41H2,1-3H3,(H,42,50)(H,43,46)/t30?,31-,32+,35+,36?,38+/m0/s1. The summed E-state index contributed by atoms with van der Waals surface area (Å²) in [4.78, 5) is 57.4. The molecule has 1 aliphatic heterocycles. The molecule has 1 heterocycles. The summed E-state index contributed by atoms with van der Waals surface area (Å²) in [5, 5.41) is 23.2. The molecule has 3 amide bonds. The van der Waals surface area contributed by atoms with Crippen LogP contribution in [-0.4, -0.2) is 94.9 Å². The molecule has 1 rings (SSSR count). The highest BCUT2D eigenvalue weighted by Crippen LogP contribution is 2.26. The zero-order chi connectivity index (χ0) is 38.6. The van der Waals surface area contributed by atoms with Crippen molar-refractivity contribution in [2.45, 2.75) is 205 Å². The second kappa shape index (κ2) is 30.2. The molecule has 13 nitrogen and oxygen atoms in total. The van der Waals surface area contributed by atoms with Crippen LogP contribution in [0.4, 0.5) is 0 Å². The number of carbonyl (C=O) groups is 4. The first-order valence-electron chi connectivity index (χ1n) is 20.6. The number of hydrogen-bond acceptors (Lipinski definition) is 10. The van der Waals surface area contributed by atoms with E-state index in [0.29, 0.717) is 13.0 Å². The molecule has 0 aromatic heterocycles.